The molecule has 0 aromatic heterocycles. The van der Waals surface area contributed by atoms with Crippen molar-refractivity contribution in [3.8, 4) is 11.1 Å². The molecule has 176 valence electrons. The third-order valence-corrected chi connectivity index (χ3v) is 5.23. The number of nitrogens with one attached hydrogen (secondary N) is 1. The summed E-state index contributed by atoms with van der Waals surface area (Å²) in [6.45, 7) is -2.58. The minimum atomic E-state index is -4.70. The van der Waals surface area contributed by atoms with E-state index in [0.717, 1.165) is 22.3 Å². The van der Waals surface area contributed by atoms with Crippen molar-refractivity contribution in [1.82, 2.24) is 10.2 Å². The number of amides is 2. The van der Waals surface area contributed by atoms with Crippen LogP contribution >= 0.6 is 0 Å². The molecule has 3 rings (SSSR count). The van der Waals surface area contributed by atoms with E-state index in [1.165, 1.54) is 0 Å². The highest BCUT2D eigenvalue weighted by molar-refractivity contribution is 5.81. The molecule has 7 nitrogen and oxygen atoms in total. The lowest BCUT2D eigenvalue weighted by Gasteiger charge is -2.22. The second kappa shape index (κ2) is 10.4. The molecule has 2 aromatic carbocycles. The number of hydrogen-bond acceptors (Lipinski definition) is 4. The van der Waals surface area contributed by atoms with Crippen LogP contribution < -0.4 is 5.32 Å². The van der Waals surface area contributed by atoms with Gasteiger partial charge < -0.3 is 20.1 Å². The molecule has 0 saturated heterocycles. The maximum atomic E-state index is 12.5. The minimum Gasteiger partial charge on any atom is -0.480 e. The van der Waals surface area contributed by atoms with Gasteiger partial charge in [0.05, 0.1) is 0 Å². The third kappa shape index (κ3) is 6.47. The number of carbonyl (C=O) groups is 3. The van der Waals surface area contributed by atoms with Gasteiger partial charge in [-0.3, -0.25) is 9.59 Å². The summed E-state index contributed by atoms with van der Waals surface area (Å²) >= 11 is 0. The Bertz CT molecular complexity index is 980. The number of benzene rings is 2. The largest absolute Gasteiger partial charge is 0.480 e. The number of alkyl carbamates (subject to hydrolysis) is 1. The highest BCUT2D eigenvalue weighted by atomic mass is 19.4. The van der Waals surface area contributed by atoms with Crippen LogP contribution in [-0.2, 0) is 14.3 Å². The lowest BCUT2D eigenvalue weighted by molar-refractivity contribution is -0.165. The molecule has 1 aliphatic carbocycles. The van der Waals surface area contributed by atoms with Crippen molar-refractivity contribution in [3.63, 3.8) is 0 Å². The first kappa shape index (κ1) is 24.1. The van der Waals surface area contributed by atoms with E-state index in [4.69, 9.17) is 9.84 Å². The van der Waals surface area contributed by atoms with E-state index in [1.54, 1.807) is 0 Å². The molecule has 0 unspecified atom stereocenters. The Labute approximate surface area is 188 Å². The van der Waals surface area contributed by atoms with Crippen molar-refractivity contribution in [2.24, 2.45) is 0 Å². The van der Waals surface area contributed by atoms with Crippen LogP contribution in [0.15, 0.2) is 48.5 Å². The minimum absolute atomic E-state index is 0.00462. The number of aliphatic carboxylic acids is 1. The number of carbonyl (C=O) groups excluding carboxylic acids is 2. The summed E-state index contributed by atoms with van der Waals surface area (Å²) in [6, 6.07) is 15.7. The predicted molar refractivity (Wildman–Crippen MR) is 113 cm³/mol. The van der Waals surface area contributed by atoms with Crippen LogP contribution in [0.25, 0.3) is 11.1 Å². The van der Waals surface area contributed by atoms with Crippen molar-refractivity contribution >= 4 is 18.0 Å². The number of nitrogens with zero attached hydrogens (tertiary/aromatic N) is 1. The molecule has 0 heterocycles. The fraction of sp³-hybridized carbons (Fsp3) is 0.348. The van der Waals surface area contributed by atoms with Gasteiger partial charge in [0.1, 0.15) is 19.7 Å². The number of carboxylic acids is 1. The molecule has 0 radical (unpaired) electrons. The Morgan fingerprint density at radius 3 is 2.12 bits per heavy atom. The van der Waals surface area contributed by atoms with Crippen LogP contribution in [0.4, 0.5) is 18.0 Å². The molecular weight excluding hydrogens is 441 g/mol. The van der Waals surface area contributed by atoms with Gasteiger partial charge >= 0.3 is 18.2 Å². The first-order chi connectivity index (χ1) is 15.7. The molecule has 1 aliphatic rings. The van der Waals surface area contributed by atoms with Gasteiger partial charge in [-0.1, -0.05) is 48.5 Å². The van der Waals surface area contributed by atoms with Crippen molar-refractivity contribution in [1.29, 1.82) is 0 Å². The molecule has 0 atom stereocenters. The van der Waals surface area contributed by atoms with Crippen molar-refractivity contribution in [2.45, 2.75) is 24.9 Å². The fourth-order valence-corrected chi connectivity index (χ4v) is 3.85. The average Bonchev–Trinajstić information content (AvgIpc) is 3.07. The summed E-state index contributed by atoms with van der Waals surface area (Å²) in [5.41, 5.74) is 4.29. The summed E-state index contributed by atoms with van der Waals surface area (Å²) in [7, 11) is 0. The molecule has 10 heteroatoms. The monoisotopic (exact) mass is 464 g/mol. The first-order valence-corrected chi connectivity index (χ1v) is 10.3. The zero-order chi connectivity index (χ0) is 24.0. The number of ether oxygens (including phenoxy) is 1. The Morgan fingerprint density at radius 1 is 1.00 bits per heavy atom. The summed E-state index contributed by atoms with van der Waals surface area (Å²) in [6.07, 6.45) is -5.71. The molecule has 0 saturated carbocycles. The zero-order valence-corrected chi connectivity index (χ0v) is 17.6. The van der Waals surface area contributed by atoms with Gasteiger partial charge in [-0.15, -0.1) is 0 Å². The van der Waals surface area contributed by atoms with Crippen molar-refractivity contribution < 1.29 is 37.4 Å². The second-order valence-electron chi connectivity index (χ2n) is 7.61. The molecule has 0 spiro atoms. The molecule has 0 fully saturated rings. The molecule has 33 heavy (non-hydrogen) atoms. The Balaban J connectivity index is 1.46. The smallest absolute Gasteiger partial charge is 0.407 e. The van der Waals surface area contributed by atoms with Gasteiger partial charge in [-0.25, -0.2) is 4.79 Å². The normalized spacial score (nSPS) is 12.6. The predicted octanol–water partition coefficient (Wildman–Crippen LogP) is 3.78. The van der Waals surface area contributed by atoms with Crippen LogP contribution in [0.3, 0.4) is 0 Å². The maximum Gasteiger partial charge on any atom is 0.407 e. The molecule has 2 N–H and O–H groups in total. The lowest BCUT2D eigenvalue weighted by Crippen LogP contribution is -2.42. The van der Waals surface area contributed by atoms with E-state index in [0.29, 0.717) is 0 Å². The highest BCUT2D eigenvalue weighted by Gasteiger charge is 2.33. The Hall–Kier alpha value is -3.56. The SMILES string of the molecule is O=C(O)CN(CC(F)(F)F)C(=O)CCCNC(=O)OCC1c2ccccc2-c2ccccc21. The van der Waals surface area contributed by atoms with E-state index < -0.39 is 37.2 Å². The van der Waals surface area contributed by atoms with Gasteiger partial charge in [0.25, 0.3) is 0 Å². The van der Waals surface area contributed by atoms with E-state index >= 15 is 0 Å². The van der Waals surface area contributed by atoms with Crippen LogP contribution in [0.2, 0.25) is 0 Å². The number of hydrogen-bond donors (Lipinski definition) is 2. The molecular formula is C23H23F3N2O5. The van der Waals surface area contributed by atoms with Crippen LogP contribution in [0.5, 0.6) is 0 Å². The van der Waals surface area contributed by atoms with E-state index in [9.17, 15) is 27.6 Å². The first-order valence-electron chi connectivity index (χ1n) is 10.3. The standard InChI is InChI=1S/C23H23F3N2O5/c24-23(25,26)14-28(12-21(30)31)20(29)10-5-11-27-22(32)33-13-19-17-8-3-1-6-15(17)16-7-2-4-9-18(16)19/h1-4,6-9,19H,5,10-14H2,(H,27,32)(H,30,31). The summed E-state index contributed by atoms with van der Waals surface area (Å²) in [5.74, 6) is -2.61. The van der Waals surface area contributed by atoms with Crippen LogP contribution in [0, 0.1) is 0 Å². The van der Waals surface area contributed by atoms with E-state index in [-0.39, 0.29) is 36.8 Å². The number of carboxylic acid groups (broad SMARTS) is 1. The molecule has 0 bridgehead atoms. The molecule has 2 aromatic rings. The second-order valence-corrected chi connectivity index (χ2v) is 7.61. The lowest BCUT2D eigenvalue weighted by atomic mass is 9.98. The van der Waals surface area contributed by atoms with Crippen molar-refractivity contribution in [3.05, 3.63) is 59.7 Å². The van der Waals surface area contributed by atoms with Crippen molar-refractivity contribution in [2.75, 3.05) is 26.2 Å². The molecule has 2 amide bonds. The van der Waals surface area contributed by atoms with Gasteiger partial charge in [-0.05, 0) is 28.7 Å². The fourth-order valence-electron chi connectivity index (χ4n) is 3.85. The van der Waals surface area contributed by atoms with E-state index in [1.807, 2.05) is 48.5 Å². The number of alkyl halides is 3. The summed E-state index contributed by atoms with van der Waals surface area (Å²) in [5, 5.41) is 11.2. The Kier molecular flexibility index (Phi) is 7.57. The number of halogens is 3. The summed E-state index contributed by atoms with van der Waals surface area (Å²) in [4.78, 5) is 35.0. The molecule has 0 aliphatic heterocycles. The zero-order valence-electron chi connectivity index (χ0n) is 17.6. The third-order valence-electron chi connectivity index (χ3n) is 5.23. The van der Waals surface area contributed by atoms with Gasteiger partial charge in [-0.2, -0.15) is 13.2 Å². The van der Waals surface area contributed by atoms with Crippen LogP contribution in [-0.4, -0.2) is 60.4 Å². The maximum absolute atomic E-state index is 12.5. The van der Waals surface area contributed by atoms with Crippen LogP contribution in [0.1, 0.15) is 29.9 Å². The highest BCUT2D eigenvalue weighted by Crippen LogP contribution is 2.44. The quantitative estimate of drug-likeness (QED) is 0.551. The average molecular weight is 464 g/mol. The topological polar surface area (TPSA) is 95.9 Å². The summed E-state index contributed by atoms with van der Waals surface area (Å²) < 4.78 is 43.0. The van der Waals surface area contributed by atoms with E-state index in [2.05, 4.69) is 5.32 Å². The van der Waals surface area contributed by atoms with Gasteiger partial charge in [0, 0.05) is 18.9 Å². The number of rotatable bonds is 9. The number of fused-ring (bicyclic) bond motifs is 3. The van der Waals surface area contributed by atoms with Gasteiger partial charge in [0.15, 0.2) is 0 Å². The Morgan fingerprint density at radius 2 is 1.58 bits per heavy atom. The van der Waals surface area contributed by atoms with Gasteiger partial charge in [0.2, 0.25) is 5.91 Å².